The lowest BCUT2D eigenvalue weighted by atomic mass is 9.92. The van der Waals surface area contributed by atoms with Crippen LogP contribution in [0.4, 0.5) is 28.4 Å². The van der Waals surface area contributed by atoms with E-state index in [2.05, 4.69) is 16.8 Å². The number of carbonyl (C=O) groups is 1. The highest BCUT2D eigenvalue weighted by Gasteiger charge is 2.49. The fourth-order valence-corrected chi connectivity index (χ4v) is 9.58. The van der Waals surface area contributed by atoms with Crippen LogP contribution < -0.4 is 20.1 Å². The van der Waals surface area contributed by atoms with Crippen molar-refractivity contribution in [2.75, 3.05) is 50.5 Å². The molecular formula is C33H30ClF4N7O3S. The van der Waals surface area contributed by atoms with Crippen LogP contribution in [-0.2, 0) is 4.79 Å². The molecule has 4 atom stereocenters. The second kappa shape index (κ2) is 11.5. The third-order valence-corrected chi connectivity index (χ3v) is 11.8. The number of amides is 1. The minimum absolute atomic E-state index is 0.0350. The molecule has 0 radical (unpaired) electrons. The van der Waals surface area contributed by atoms with Crippen molar-refractivity contribution < 1.29 is 31.8 Å². The largest absolute Gasteiger partial charge is 0.484 e. The lowest BCUT2D eigenvalue weighted by Crippen LogP contribution is -2.44. The van der Waals surface area contributed by atoms with Crippen LogP contribution in [0.25, 0.3) is 32.1 Å². The zero-order valence-electron chi connectivity index (χ0n) is 26.4. The maximum atomic E-state index is 17.1. The van der Waals surface area contributed by atoms with Crippen molar-refractivity contribution in [1.29, 1.82) is 5.26 Å². The summed E-state index contributed by atoms with van der Waals surface area (Å²) in [5, 5.41) is 9.97. The van der Waals surface area contributed by atoms with Gasteiger partial charge in [-0.3, -0.25) is 9.69 Å². The molecule has 16 heteroatoms. The Balaban J connectivity index is 1.33. The number of thiophene rings is 1. The lowest BCUT2D eigenvalue weighted by molar-refractivity contribution is -0.142. The van der Waals surface area contributed by atoms with Crippen molar-refractivity contribution in [2.24, 2.45) is 5.92 Å². The number of ether oxygens (including phenoxy) is 2. The van der Waals surface area contributed by atoms with Gasteiger partial charge in [-0.05, 0) is 43.4 Å². The third-order valence-electron chi connectivity index (χ3n) is 10.4. The second-order valence-corrected chi connectivity index (χ2v) is 14.8. The number of likely N-dealkylation sites (tertiary alicyclic amines) is 1. The van der Waals surface area contributed by atoms with Gasteiger partial charge in [0.15, 0.2) is 11.6 Å². The summed E-state index contributed by atoms with van der Waals surface area (Å²) in [7, 11) is 1.66. The Morgan fingerprint density at radius 3 is 2.82 bits per heavy atom. The van der Waals surface area contributed by atoms with Gasteiger partial charge in [-0.25, -0.2) is 8.78 Å². The van der Waals surface area contributed by atoms with Gasteiger partial charge in [0.05, 0.1) is 38.8 Å². The molecule has 4 aliphatic rings. The van der Waals surface area contributed by atoms with E-state index in [1.807, 2.05) is 6.07 Å². The number of nitrogens with two attached hydrogens (primary N) is 1. The Bertz CT molecular complexity index is 2110. The number of alkyl halides is 2. The number of likely N-dealkylation sites (N-methyl/N-ethyl adjacent to an activating group) is 1. The molecule has 2 unspecified atom stereocenters. The number of aromatic nitrogens is 2. The predicted molar refractivity (Wildman–Crippen MR) is 176 cm³/mol. The number of fused-ring (bicyclic) bond motifs is 3. The quantitative estimate of drug-likeness (QED) is 0.255. The van der Waals surface area contributed by atoms with E-state index in [9.17, 15) is 18.8 Å². The van der Waals surface area contributed by atoms with E-state index in [1.165, 1.54) is 6.07 Å². The first-order valence-corrected chi connectivity index (χ1v) is 17.1. The maximum absolute atomic E-state index is 17.1. The zero-order valence-corrected chi connectivity index (χ0v) is 28.0. The molecule has 4 aliphatic heterocycles. The number of hydrogen-bond acceptors (Lipinski definition) is 10. The van der Waals surface area contributed by atoms with Crippen molar-refractivity contribution in [3.8, 4) is 29.0 Å². The van der Waals surface area contributed by atoms with Crippen molar-refractivity contribution in [3.05, 3.63) is 34.4 Å². The summed E-state index contributed by atoms with van der Waals surface area (Å²) in [6, 6.07) is 3.67. The maximum Gasteiger partial charge on any atom is 0.319 e. The van der Waals surface area contributed by atoms with E-state index in [4.69, 9.17) is 31.8 Å². The van der Waals surface area contributed by atoms with Crippen LogP contribution >= 0.6 is 22.9 Å². The van der Waals surface area contributed by atoms with Gasteiger partial charge in [-0.2, -0.15) is 24.0 Å². The number of benzene rings is 2. The summed E-state index contributed by atoms with van der Waals surface area (Å²) < 4.78 is 71.9. The fraction of sp³-hybridized carbons (Fsp3) is 0.455. The molecule has 256 valence electrons. The zero-order chi connectivity index (χ0) is 34.5. The van der Waals surface area contributed by atoms with E-state index in [-0.39, 0.29) is 90.5 Å². The SMILES string of the molecule is C[C@H]1CN2CCC[C@@]2(COc2nc3c4c(c(Cl)c(-c5ccc(F)c6sc(N)c(C#N)c56)c(F)c4n2)OC2CN(C(=O)C(F)F)CC2N3C)C1. The molecule has 2 aromatic heterocycles. The molecule has 0 spiro atoms. The predicted octanol–water partition coefficient (Wildman–Crippen LogP) is 5.82. The van der Waals surface area contributed by atoms with Gasteiger partial charge in [0.2, 0.25) is 0 Å². The van der Waals surface area contributed by atoms with Crippen LogP contribution in [0.15, 0.2) is 12.1 Å². The van der Waals surface area contributed by atoms with E-state index in [1.54, 1.807) is 11.9 Å². The van der Waals surface area contributed by atoms with Crippen molar-refractivity contribution in [3.63, 3.8) is 0 Å². The number of halogens is 5. The van der Waals surface area contributed by atoms with E-state index >= 15 is 8.78 Å². The highest BCUT2D eigenvalue weighted by molar-refractivity contribution is 7.23. The first-order valence-electron chi connectivity index (χ1n) is 15.9. The molecule has 1 amide bonds. The monoisotopic (exact) mass is 715 g/mol. The summed E-state index contributed by atoms with van der Waals surface area (Å²) in [6.45, 7) is 4.08. The molecule has 10 nitrogen and oxygen atoms in total. The van der Waals surface area contributed by atoms with Crippen molar-refractivity contribution >= 4 is 60.7 Å². The number of anilines is 2. The number of rotatable bonds is 5. The summed E-state index contributed by atoms with van der Waals surface area (Å²) in [6.07, 6.45) is -1.18. The number of nitrogen functional groups attached to an aromatic ring is 1. The molecular weight excluding hydrogens is 686 g/mol. The highest BCUT2D eigenvalue weighted by atomic mass is 35.5. The second-order valence-electron chi connectivity index (χ2n) is 13.4. The van der Waals surface area contributed by atoms with E-state index in [0.29, 0.717) is 5.92 Å². The molecule has 2 N–H and O–H groups in total. The third kappa shape index (κ3) is 4.78. The van der Waals surface area contributed by atoms with Gasteiger partial charge in [-0.15, -0.1) is 11.3 Å². The van der Waals surface area contributed by atoms with Crippen LogP contribution in [-0.4, -0.2) is 89.6 Å². The van der Waals surface area contributed by atoms with E-state index in [0.717, 1.165) is 54.7 Å². The minimum atomic E-state index is -3.21. The number of carbonyl (C=O) groups excluding carboxylic acids is 1. The van der Waals surface area contributed by atoms with Crippen LogP contribution in [0.5, 0.6) is 11.8 Å². The van der Waals surface area contributed by atoms with Crippen LogP contribution in [0.3, 0.4) is 0 Å². The van der Waals surface area contributed by atoms with Gasteiger partial charge >= 0.3 is 12.4 Å². The molecule has 4 aromatic rings. The summed E-state index contributed by atoms with van der Waals surface area (Å²) in [5.74, 6) is -2.24. The molecule has 8 rings (SSSR count). The smallest absolute Gasteiger partial charge is 0.319 e. The van der Waals surface area contributed by atoms with Crippen LogP contribution in [0, 0.1) is 28.9 Å². The topological polar surface area (TPSA) is 121 Å². The van der Waals surface area contributed by atoms with Gasteiger partial charge in [0.25, 0.3) is 5.91 Å². The Labute approximate surface area is 286 Å². The molecule has 0 aliphatic carbocycles. The summed E-state index contributed by atoms with van der Waals surface area (Å²) >= 11 is 7.87. The molecule has 0 bridgehead atoms. The van der Waals surface area contributed by atoms with Gasteiger partial charge in [0, 0.05) is 31.1 Å². The molecule has 6 heterocycles. The van der Waals surface area contributed by atoms with Gasteiger partial charge in [0.1, 0.15) is 40.9 Å². The Morgan fingerprint density at radius 1 is 1.27 bits per heavy atom. The Morgan fingerprint density at radius 2 is 2.06 bits per heavy atom. The number of nitrogens with zero attached hydrogens (tertiary/aromatic N) is 6. The van der Waals surface area contributed by atoms with E-state index < -0.39 is 36.1 Å². The fourth-order valence-electron chi connectivity index (χ4n) is 8.30. The number of hydrogen-bond donors (Lipinski definition) is 1. The molecule has 3 saturated heterocycles. The standard InChI is InChI=1S/C33H30ClF4N7O3S/c1-14-8-33(6-3-7-45(33)10-14)13-47-32-41-25-22-26(48-19-12-44(31(46)28(37)38)11-18(19)43(2)30(22)42-32)23(34)21(24(25)36)15-4-5-17(35)27-20(15)16(9-39)29(40)49-27/h4-5,14,18-19,28H,3,6-8,10-13,40H2,1-2H3/t14-,18?,19?,33+/m1/s1. The molecule has 3 fully saturated rings. The molecule has 0 saturated carbocycles. The Kier molecular flexibility index (Phi) is 7.51. The van der Waals surface area contributed by atoms with Crippen LogP contribution in [0.2, 0.25) is 5.02 Å². The lowest BCUT2D eigenvalue weighted by Gasteiger charge is -2.31. The summed E-state index contributed by atoms with van der Waals surface area (Å²) in [4.78, 5) is 26.7. The number of nitriles is 1. The minimum Gasteiger partial charge on any atom is -0.484 e. The first kappa shape index (κ1) is 32.1. The Hall–Kier alpha value is -4.13. The molecule has 2 aromatic carbocycles. The summed E-state index contributed by atoms with van der Waals surface area (Å²) in [5.41, 5.74) is 5.52. The average Bonchev–Trinajstić information content (AvgIpc) is 3.81. The first-order chi connectivity index (χ1) is 23.4. The van der Waals surface area contributed by atoms with Gasteiger partial charge in [-0.1, -0.05) is 24.6 Å². The molecule has 49 heavy (non-hydrogen) atoms. The van der Waals surface area contributed by atoms with Gasteiger partial charge < -0.3 is 25.0 Å². The average molecular weight is 716 g/mol. The van der Waals surface area contributed by atoms with Crippen LogP contribution in [0.1, 0.15) is 31.7 Å². The van der Waals surface area contributed by atoms with Crippen molar-refractivity contribution in [1.82, 2.24) is 19.8 Å². The normalized spacial score (nSPS) is 24.8. The van der Waals surface area contributed by atoms with Crippen molar-refractivity contribution in [2.45, 2.75) is 50.3 Å². The highest BCUT2D eigenvalue weighted by Crippen LogP contribution is 2.52.